The number of nitrogens with zero attached hydrogens (tertiary/aromatic N) is 1. The molecule has 0 aliphatic rings. The first-order valence-electron chi connectivity index (χ1n) is 5.99. The third-order valence-electron chi connectivity index (χ3n) is 2.91. The Kier molecular flexibility index (Phi) is 5.30. The van der Waals surface area contributed by atoms with E-state index in [-0.39, 0.29) is 12.2 Å². The summed E-state index contributed by atoms with van der Waals surface area (Å²) in [5.41, 5.74) is -0.893. The van der Waals surface area contributed by atoms with E-state index < -0.39 is 17.5 Å². The van der Waals surface area contributed by atoms with Crippen molar-refractivity contribution in [2.75, 3.05) is 7.11 Å². The Labute approximate surface area is 106 Å². The predicted octanol–water partition coefficient (Wildman–Crippen LogP) is 0.885. The van der Waals surface area contributed by atoms with Gasteiger partial charge in [0.05, 0.1) is 12.2 Å². The van der Waals surface area contributed by atoms with Crippen LogP contribution in [0.2, 0.25) is 0 Å². The summed E-state index contributed by atoms with van der Waals surface area (Å²) in [7, 11) is 1.62. The summed E-state index contributed by atoms with van der Waals surface area (Å²) in [6, 6.07) is 1.29. The van der Waals surface area contributed by atoms with E-state index >= 15 is 0 Å². The Balaban J connectivity index is 2.84. The lowest BCUT2D eigenvalue weighted by Gasteiger charge is -2.26. The van der Waals surface area contributed by atoms with Crippen molar-refractivity contribution in [1.29, 1.82) is 0 Å². The number of H-pyrrole nitrogens is 1. The highest BCUT2D eigenvalue weighted by Gasteiger charge is 2.19. The molecule has 6 heteroatoms. The van der Waals surface area contributed by atoms with E-state index in [1.165, 1.54) is 16.8 Å². The van der Waals surface area contributed by atoms with Gasteiger partial charge in [-0.3, -0.25) is 14.3 Å². The molecule has 2 unspecified atom stereocenters. The topological polar surface area (TPSA) is 73.3 Å². The molecule has 0 aliphatic heterocycles. The fourth-order valence-corrected chi connectivity index (χ4v) is 1.72. The van der Waals surface area contributed by atoms with Gasteiger partial charge in [0.1, 0.15) is 6.23 Å². The zero-order chi connectivity index (χ0) is 13.7. The van der Waals surface area contributed by atoms with Gasteiger partial charge in [-0.15, -0.1) is 0 Å². The van der Waals surface area contributed by atoms with Crippen LogP contribution in [-0.2, 0) is 9.47 Å². The second kappa shape index (κ2) is 6.51. The van der Waals surface area contributed by atoms with Gasteiger partial charge in [0, 0.05) is 19.4 Å². The van der Waals surface area contributed by atoms with E-state index in [4.69, 9.17) is 9.47 Å². The maximum Gasteiger partial charge on any atom is 0.330 e. The summed E-state index contributed by atoms with van der Waals surface area (Å²) in [5, 5.41) is 0. The van der Waals surface area contributed by atoms with Crippen LogP contribution < -0.4 is 11.2 Å². The van der Waals surface area contributed by atoms with Crippen molar-refractivity contribution in [2.45, 2.75) is 45.6 Å². The normalized spacial score (nSPS) is 16.2. The zero-order valence-electron chi connectivity index (χ0n) is 11.2. The maximum absolute atomic E-state index is 11.6. The Morgan fingerprint density at radius 3 is 2.56 bits per heavy atom. The molecule has 0 saturated heterocycles. The molecular weight excluding hydrogens is 236 g/mol. The first-order chi connectivity index (χ1) is 8.49. The minimum atomic E-state index is -0.477. The fourth-order valence-electron chi connectivity index (χ4n) is 1.72. The summed E-state index contributed by atoms with van der Waals surface area (Å²) in [6.07, 6.45) is 1.57. The molecule has 1 aromatic heterocycles. The molecule has 18 heavy (non-hydrogen) atoms. The quantitative estimate of drug-likeness (QED) is 0.820. The third kappa shape index (κ3) is 3.54. The van der Waals surface area contributed by atoms with Crippen LogP contribution in [-0.4, -0.2) is 28.9 Å². The molecular formula is C12H20N2O4. The number of methoxy groups -OCH3 is 1. The SMILES string of the molecule is CC[C@H](OC(C)n1ccc(=O)[nH]c1=O)C(C)OC. The van der Waals surface area contributed by atoms with E-state index in [1.54, 1.807) is 14.0 Å². The number of aromatic nitrogens is 2. The molecule has 0 radical (unpaired) electrons. The first-order valence-corrected chi connectivity index (χ1v) is 5.99. The lowest BCUT2D eigenvalue weighted by molar-refractivity contribution is -0.105. The smallest absolute Gasteiger partial charge is 0.330 e. The van der Waals surface area contributed by atoms with Gasteiger partial charge < -0.3 is 9.47 Å². The largest absolute Gasteiger partial charge is 0.379 e. The molecule has 1 rings (SSSR count). The van der Waals surface area contributed by atoms with Crippen molar-refractivity contribution in [3.8, 4) is 0 Å². The highest BCUT2D eigenvalue weighted by Crippen LogP contribution is 2.14. The minimum Gasteiger partial charge on any atom is -0.379 e. The molecule has 3 atom stereocenters. The number of aromatic amines is 1. The van der Waals surface area contributed by atoms with Crippen LogP contribution in [0.15, 0.2) is 21.9 Å². The van der Waals surface area contributed by atoms with E-state index in [9.17, 15) is 9.59 Å². The van der Waals surface area contributed by atoms with Gasteiger partial charge in [-0.2, -0.15) is 0 Å². The summed E-state index contributed by atoms with van der Waals surface area (Å²) in [6.45, 7) is 5.66. The molecule has 1 heterocycles. The van der Waals surface area contributed by atoms with Crippen LogP contribution in [0, 0.1) is 0 Å². The number of rotatable bonds is 6. The van der Waals surface area contributed by atoms with Gasteiger partial charge in [-0.05, 0) is 20.3 Å². The third-order valence-corrected chi connectivity index (χ3v) is 2.91. The summed E-state index contributed by atoms with van der Waals surface area (Å²) >= 11 is 0. The Morgan fingerprint density at radius 1 is 1.39 bits per heavy atom. The molecule has 0 aliphatic carbocycles. The van der Waals surface area contributed by atoms with Crippen LogP contribution in [0.4, 0.5) is 0 Å². The molecule has 102 valence electrons. The van der Waals surface area contributed by atoms with Crippen LogP contribution in [0.5, 0.6) is 0 Å². The molecule has 0 aromatic carbocycles. The molecule has 0 fully saturated rings. The van der Waals surface area contributed by atoms with Gasteiger partial charge in [0.2, 0.25) is 0 Å². The van der Waals surface area contributed by atoms with Crippen molar-refractivity contribution in [3.63, 3.8) is 0 Å². The van der Waals surface area contributed by atoms with Gasteiger partial charge in [0.15, 0.2) is 0 Å². The molecule has 0 spiro atoms. The Morgan fingerprint density at radius 2 is 2.06 bits per heavy atom. The van der Waals surface area contributed by atoms with E-state index in [0.717, 1.165) is 6.42 Å². The lowest BCUT2D eigenvalue weighted by Crippen LogP contribution is -2.35. The van der Waals surface area contributed by atoms with Crippen molar-refractivity contribution in [3.05, 3.63) is 33.1 Å². The average molecular weight is 256 g/mol. The number of ether oxygens (including phenoxy) is 2. The predicted molar refractivity (Wildman–Crippen MR) is 67.7 cm³/mol. The van der Waals surface area contributed by atoms with E-state index in [2.05, 4.69) is 4.98 Å². The average Bonchev–Trinajstić information content (AvgIpc) is 2.34. The van der Waals surface area contributed by atoms with Crippen LogP contribution >= 0.6 is 0 Å². The highest BCUT2D eigenvalue weighted by molar-refractivity contribution is 4.83. The van der Waals surface area contributed by atoms with Crippen LogP contribution in [0.1, 0.15) is 33.4 Å². The monoisotopic (exact) mass is 256 g/mol. The van der Waals surface area contributed by atoms with Gasteiger partial charge in [0.25, 0.3) is 5.56 Å². The molecule has 1 aromatic rings. The second-order valence-electron chi connectivity index (χ2n) is 4.14. The number of hydrogen-bond donors (Lipinski definition) is 1. The zero-order valence-corrected chi connectivity index (χ0v) is 11.2. The molecule has 1 N–H and O–H groups in total. The van der Waals surface area contributed by atoms with Crippen molar-refractivity contribution in [1.82, 2.24) is 9.55 Å². The van der Waals surface area contributed by atoms with Gasteiger partial charge in [-0.25, -0.2) is 4.79 Å². The van der Waals surface area contributed by atoms with Crippen LogP contribution in [0.25, 0.3) is 0 Å². The lowest BCUT2D eigenvalue weighted by atomic mass is 10.2. The van der Waals surface area contributed by atoms with Crippen molar-refractivity contribution < 1.29 is 9.47 Å². The maximum atomic E-state index is 11.6. The summed E-state index contributed by atoms with van der Waals surface area (Å²) < 4.78 is 12.3. The van der Waals surface area contributed by atoms with E-state index in [0.29, 0.717) is 0 Å². The number of nitrogens with one attached hydrogen (secondary N) is 1. The Hall–Kier alpha value is -1.40. The standard InChI is InChI=1S/C12H20N2O4/c1-5-10(8(2)17-4)18-9(3)14-7-6-11(15)13-12(14)16/h6-10H,5H2,1-4H3,(H,13,15,16)/t8?,9?,10-/m0/s1. The van der Waals surface area contributed by atoms with Crippen molar-refractivity contribution in [2.24, 2.45) is 0 Å². The highest BCUT2D eigenvalue weighted by atomic mass is 16.5. The van der Waals surface area contributed by atoms with Gasteiger partial charge in [-0.1, -0.05) is 6.92 Å². The number of hydrogen-bond acceptors (Lipinski definition) is 4. The minimum absolute atomic E-state index is 0.0593. The summed E-state index contributed by atoms with van der Waals surface area (Å²) in [4.78, 5) is 24.7. The van der Waals surface area contributed by atoms with E-state index in [1.807, 2.05) is 13.8 Å². The van der Waals surface area contributed by atoms with Crippen molar-refractivity contribution >= 4 is 0 Å². The molecule has 0 saturated carbocycles. The molecule has 0 bridgehead atoms. The second-order valence-corrected chi connectivity index (χ2v) is 4.14. The summed E-state index contributed by atoms with van der Waals surface area (Å²) in [5.74, 6) is 0. The van der Waals surface area contributed by atoms with Crippen LogP contribution in [0.3, 0.4) is 0 Å². The first kappa shape index (κ1) is 14.7. The fraction of sp³-hybridized carbons (Fsp3) is 0.667. The van der Waals surface area contributed by atoms with Gasteiger partial charge >= 0.3 is 5.69 Å². The molecule has 6 nitrogen and oxygen atoms in total. The Bertz CT molecular complexity index is 479. The molecule has 0 amide bonds.